The summed E-state index contributed by atoms with van der Waals surface area (Å²) in [7, 11) is -4.43. The van der Waals surface area contributed by atoms with Gasteiger partial charge in [0.2, 0.25) is 5.91 Å². The number of aromatic nitrogens is 2. The van der Waals surface area contributed by atoms with Gasteiger partial charge in [-0.15, -0.1) is 0 Å². The SMILES string of the molecule is CC(=O)N1CCO[C@@H](CNc2ccc(S(=O)(=O)CC(=O)c3ccc(N4CCN(CC5=C(c6ccc(C(F)(F)F)cc6Cl)CC(C)(C)CC5)CC4)cc3Oc3cnc4[nH]ccc4c3)cc2[N+](=O)[O-])C1. The highest BCUT2D eigenvalue weighted by Crippen LogP contribution is 2.46. The molecule has 2 aromatic heterocycles. The van der Waals surface area contributed by atoms with Crippen molar-refractivity contribution in [3.8, 4) is 11.5 Å². The van der Waals surface area contributed by atoms with Gasteiger partial charge in [0.15, 0.2) is 15.6 Å². The molecule has 2 saturated heterocycles. The molecule has 2 N–H and O–H groups in total. The number of fused-ring (bicyclic) bond motifs is 1. The van der Waals surface area contributed by atoms with Crippen molar-refractivity contribution in [2.45, 2.75) is 57.2 Å². The maximum absolute atomic E-state index is 14.1. The third-order valence-electron chi connectivity index (χ3n) is 12.8. The van der Waals surface area contributed by atoms with Crippen molar-refractivity contribution in [2.75, 3.05) is 74.9 Å². The Labute approximate surface area is 396 Å². The maximum atomic E-state index is 14.1. The number of benzene rings is 3. The van der Waals surface area contributed by atoms with Crippen molar-refractivity contribution in [1.82, 2.24) is 19.8 Å². The number of alkyl halides is 3. The van der Waals surface area contributed by atoms with E-state index in [4.69, 9.17) is 21.1 Å². The molecule has 3 aliphatic rings. The molecule has 1 atom stereocenters. The molecule has 0 spiro atoms. The number of rotatable bonds is 14. The summed E-state index contributed by atoms with van der Waals surface area (Å²) < 4.78 is 80.2. The van der Waals surface area contributed by atoms with Crippen LogP contribution in [-0.4, -0.2) is 116 Å². The van der Waals surface area contributed by atoms with Crippen LogP contribution in [0.2, 0.25) is 5.02 Å². The first-order valence-corrected chi connectivity index (χ1v) is 24.2. The third kappa shape index (κ3) is 11.1. The first kappa shape index (κ1) is 48.4. The van der Waals surface area contributed by atoms with Crippen LogP contribution >= 0.6 is 11.6 Å². The summed E-state index contributed by atoms with van der Waals surface area (Å²) in [5, 5.41) is 15.9. The smallest absolute Gasteiger partial charge is 0.416 e. The Morgan fingerprint density at radius 1 is 1.04 bits per heavy atom. The molecule has 0 unspecified atom stereocenters. The molecule has 20 heteroatoms. The summed E-state index contributed by atoms with van der Waals surface area (Å²) in [5.41, 5.74) is 2.77. The van der Waals surface area contributed by atoms with E-state index < -0.39 is 54.7 Å². The molecule has 8 rings (SSSR count). The number of nitrogens with zero attached hydrogens (tertiary/aromatic N) is 5. The van der Waals surface area contributed by atoms with Gasteiger partial charge in [-0.25, -0.2) is 13.4 Å². The zero-order chi connectivity index (χ0) is 48.5. The number of ether oxygens (including phenoxy) is 2. The topological polar surface area (TPSA) is 180 Å². The highest BCUT2D eigenvalue weighted by Gasteiger charge is 2.34. The van der Waals surface area contributed by atoms with Gasteiger partial charge in [0.05, 0.1) is 39.9 Å². The van der Waals surface area contributed by atoms with Gasteiger partial charge in [-0.2, -0.15) is 13.2 Å². The van der Waals surface area contributed by atoms with Crippen LogP contribution in [0.3, 0.4) is 0 Å². The van der Waals surface area contributed by atoms with Crippen LogP contribution in [0.25, 0.3) is 16.6 Å². The first-order chi connectivity index (χ1) is 32.2. The summed E-state index contributed by atoms with van der Waals surface area (Å²) >= 11 is 6.54. The van der Waals surface area contributed by atoms with Crippen LogP contribution < -0.4 is 15.0 Å². The molecule has 4 heterocycles. The number of halogens is 4. The zero-order valence-corrected chi connectivity index (χ0v) is 39.3. The number of carbonyl (C=O) groups excluding carboxylic acids is 2. The third-order valence-corrected chi connectivity index (χ3v) is 14.7. The molecule has 0 saturated carbocycles. The zero-order valence-electron chi connectivity index (χ0n) is 37.7. The number of piperazine rings is 1. The van der Waals surface area contributed by atoms with E-state index in [-0.39, 0.29) is 39.9 Å². The number of hydrogen-bond acceptors (Lipinski definition) is 12. The number of amides is 1. The normalized spacial score (nSPS) is 18.2. The Bertz CT molecular complexity index is 2900. The summed E-state index contributed by atoms with van der Waals surface area (Å²) in [6.45, 7) is 10.0. The van der Waals surface area contributed by atoms with Gasteiger partial charge < -0.3 is 29.6 Å². The predicted octanol–water partition coefficient (Wildman–Crippen LogP) is 9.04. The fourth-order valence-corrected chi connectivity index (χ4v) is 10.5. The number of H-pyrrole nitrogens is 1. The number of nitro benzene ring substituents is 1. The lowest BCUT2D eigenvalue weighted by atomic mass is 9.72. The minimum atomic E-state index is -4.50. The predicted molar refractivity (Wildman–Crippen MR) is 252 cm³/mol. The van der Waals surface area contributed by atoms with E-state index >= 15 is 0 Å². The van der Waals surface area contributed by atoms with Gasteiger partial charge in [-0.05, 0) is 84.3 Å². The fraction of sp³-hybridized carbons (Fsp3) is 0.396. The van der Waals surface area contributed by atoms with Crippen LogP contribution in [0.1, 0.15) is 61.5 Å². The van der Waals surface area contributed by atoms with Crippen molar-refractivity contribution < 1.29 is 45.6 Å². The van der Waals surface area contributed by atoms with E-state index in [1.807, 2.05) is 0 Å². The summed E-state index contributed by atoms with van der Waals surface area (Å²) in [6.07, 6.45) is 0.648. The molecule has 0 radical (unpaired) electrons. The average Bonchev–Trinajstić information content (AvgIpc) is 3.77. The van der Waals surface area contributed by atoms with Crippen molar-refractivity contribution in [2.24, 2.45) is 5.41 Å². The fourth-order valence-electron chi connectivity index (χ4n) is 8.98. The average molecular weight is 978 g/mol. The van der Waals surface area contributed by atoms with Gasteiger partial charge in [-0.3, -0.25) is 24.6 Å². The number of ketones is 1. The van der Waals surface area contributed by atoms with Gasteiger partial charge in [0.1, 0.15) is 28.6 Å². The van der Waals surface area contributed by atoms with Gasteiger partial charge in [0, 0.05) is 93.7 Å². The van der Waals surface area contributed by atoms with E-state index in [0.717, 1.165) is 53.3 Å². The van der Waals surface area contributed by atoms with Crippen LogP contribution in [-0.2, 0) is 25.5 Å². The lowest BCUT2D eigenvalue weighted by Gasteiger charge is -2.39. The number of aromatic amines is 1. The summed E-state index contributed by atoms with van der Waals surface area (Å²) in [6, 6.07) is 15.4. The van der Waals surface area contributed by atoms with Gasteiger partial charge >= 0.3 is 6.18 Å². The lowest BCUT2D eigenvalue weighted by molar-refractivity contribution is -0.384. The second-order valence-electron chi connectivity index (χ2n) is 18.2. The molecule has 3 aromatic carbocycles. The Kier molecular flexibility index (Phi) is 13.9. The molecule has 1 amide bonds. The van der Waals surface area contributed by atoms with E-state index in [0.29, 0.717) is 75.8 Å². The Hall–Kier alpha value is -6.02. The van der Waals surface area contributed by atoms with E-state index in [2.05, 4.69) is 38.9 Å². The van der Waals surface area contributed by atoms with Gasteiger partial charge in [-0.1, -0.05) is 37.1 Å². The van der Waals surface area contributed by atoms with Crippen molar-refractivity contribution >= 4 is 66.8 Å². The number of nitrogens with one attached hydrogen (secondary N) is 2. The first-order valence-electron chi connectivity index (χ1n) is 22.2. The van der Waals surface area contributed by atoms with Crippen molar-refractivity contribution in [3.05, 3.63) is 117 Å². The summed E-state index contributed by atoms with van der Waals surface area (Å²) in [4.78, 5) is 50.4. The monoisotopic (exact) mass is 977 g/mol. The number of pyridine rings is 1. The van der Waals surface area contributed by atoms with Crippen molar-refractivity contribution in [1.29, 1.82) is 0 Å². The number of hydrogen-bond donors (Lipinski definition) is 2. The molecule has 68 heavy (non-hydrogen) atoms. The molecular weight excluding hydrogens is 927 g/mol. The molecule has 1 aliphatic carbocycles. The largest absolute Gasteiger partial charge is 0.455 e. The molecule has 0 bridgehead atoms. The van der Waals surface area contributed by atoms with Crippen LogP contribution in [0.5, 0.6) is 11.5 Å². The Morgan fingerprint density at radius 2 is 1.82 bits per heavy atom. The Balaban J connectivity index is 0.997. The molecule has 15 nitrogen and oxygen atoms in total. The molecule has 2 fully saturated rings. The number of nitro groups is 1. The molecule has 2 aliphatic heterocycles. The van der Waals surface area contributed by atoms with Crippen LogP contribution in [0.4, 0.5) is 30.2 Å². The van der Waals surface area contributed by atoms with E-state index in [1.54, 1.807) is 35.4 Å². The van der Waals surface area contributed by atoms with Crippen LogP contribution in [0, 0.1) is 15.5 Å². The number of sulfone groups is 1. The highest BCUT2D eigenvalue weighted by atomic mass is 35.5. The number of carbonyl (C=O) groups is 2. The van der Waals surface area contributed by atoms with Crippen molar-refractivity contribution in [3.63, 3.8) is 0 Å². The minimum Gasteiger partial charge on any atom is -0.455 e. The van der Waals surface area contributed by atoms with Gasteiger partial charge in [0.25, 0.3) is 5.69 Å². The number of morpholine rings is 1. The van der Waals surface area contributed by atoms with E-state index in [9.17, 15) is 41.3 Å². The Morgan fingerprint density at radius 3 is 2.54 bits per heavy atom. The molecular formula is C48H51ClF3N7O8S. The second kappa shape index (κ2) is 19.5. The molecule has 5 aromatic rings. The van der Waals surface area contributed by atoms with E-state index in [1.165, 1.54) is 37.4 Å². The number of anilines is 2. The maximum Gasteiger partial charge on any atom is 0.416 e. The van der Waals surface area contributed by atoms with Crippen LogP contribution in [0.15, 0.2) is 89.6 Å². The standard InChI is InChI=1S/C48H51ClF3N7O8S/c1-30(60)58-18-19-66-36(28-58)26-54-42-9-6-37(23-43(42)59(62)63)68(64,65)29-44(61)39-8-5-34(22-45(39)67-35-20-31-11-13-53-46(31)55-25-35)57-16-14-56(15-17-57)27-32-10-12-47(2,3)24-40(32)38-7-4-33(21-41(38)49)48(50,51)52/h4-9,11,13,20-23,25,36,54H,10,12,14-19,24,26-29H2,1-3H3,(H,53,55)/t36-/m0/s1. The number of Topliss-reactive ketones (excluding diaryl/α,β-unsaturated/α-hetero) is 1. The summed E-state index contributed by atoms with van der Waals surface area (Å²) in [5.74, 6) is -1.53. The lowest BCUT2D eigenvalue weighted by Crippen LogP contribution is -2.47. The molecule has 360 valence electrons. The minimum absolute atomic E-state index is 0.0217. The quantitative estimate of drug-likeness (QED) is 0.0614. The number of allylic oxidation sites excluding steroid dienone is 1. The highest BCUT2D eigenvalue weighted by molar-refractivity contribution is 7.92. The second-order valence-corrected chi connectivity index (χ2v) is 20.6.